The largest absolute Gasteiger partial charge is 0.353 e. The van der Waals surface area contributed by atoms with E-state index in [1.54, 1.807) is 12.1 Å². The normalized spacial score (nSPS) is 13.7. The smallest absolute Gasteiger partial charge is 0.258 e. The predicted octanol–water partition coefficient (Wildman–Crippen LogP) is 3.50. The van der Waals surface area contributed by atoms with Gasteiger partial charge in [-0.2, -0.15) is 0 Å². The van der Waals surface area contributed by atoms with Crippen LogP contribution in [0, 0.1) is 11.6 Å². The third-order valence-electron chi connectivity index (χ3n) is 5.34. The van der Waals surface area contributed by atoms with E-state index in [1.807, 2.05) is 35.2 Å². The van der Waals surface area contributed by atoms with Crippen LogP contribution in [0.5, 0.6) is 0 Å². The number of nitrogens with zero attached hydrogens (tertiary/aromatic N) is 3. The van der Waals surface area contributed by atoms with Crippen LogP contribution in [0.3, 0.4) is 0 Å². The highest BCUT2D eigenvalue weighted by atomic mass is 19.1. The Morgan fingerprint density at radius 1 is 0.938 bits per heavy atom. The van der Waals surface area contributed by atoms with Gasteiger partial charge >= 0.3 is 0 Å². The minimum Gasteiger partial charge on any atom is -0.353 e. The number of nitrogens with one attached hydrogen (secondary N) is 1. The molecule has 2 heterocycles. The van der Waals surface area contributed by atoms with E-state index in [-0.39, 0.29) is 11.5 Å². The van der Waals surface area contributed by atoms with Gasteiger partial charge in [0.1, 0.15) is 17.5 Å². The Hall–Kier alpha value is -3.81. The summed E-state index contributed by atoms with van der Waals surface area (Å²) in [7, 11) is 0. The van der Waals surface area contributed by atoms with Crippen molar-refractivity contribution in [1.82, 2.24) is 9.88 Å². The fourth-order valence-corrected chi connectivity index (χ4v) is 3.59. The molecule has 32 heavy (non-hydrogen) atoms. The van der Waals surface area contributed by atoms with E-state index in [1.165, 1.54) is 6.20 Å². The Morgan fingerprint density at radius 3 is 2.34 bits per heavy atom. The Labute approximate surface area is 184 Å². The minimum atomic E-state index is -0.924. The molecular formula is C24H22F2N4O2. The van der Waals surface area contributed by atoms with Crippen LogP contribution in [0.1, 0.15) is 15.9 Å². The third-order valence-corrected chi connectivity index (χ3v) is 5.34. The minimum absolute atomic E-state index is 0.106. The highest BCUT2D eigenvalue weighted by molar-refractivity contribution is 6.04. The quantitative estimate of drug-likeness (QED) is 0.665. The Bertz CT molecular complexity index is 1100. The number of halogens is 2. The molecule has 0 radical (unpaired) electrons. The molecule has 1 aliphatic heterocycles. The van der Waals surface area contributed by atoms with E-state index in [2.05, 4.69) is 15.2 Å². The van der Waals surface area contributed by atoms with Gasteiger partial charge in [-0.15, -0.1) is 0 Å². The molecule has 0 saturated carbocycles. The lowest BCUT2D eigenvalue weighted by Gasteiger charge is -2.35. The summed E-state index contributed by atoms with van der Waals surface area (Å²) in [5.41, 5.74) is 1.16. The topological polar surface area (TPSA) is 65.5 Å². The fraction of sp³-hybridized carbons (Fsp3) is 0.208. The number of pyridine rings is 1. The number of hydrogen-bond acceptors (Lipinski definition) is 4. The van der Waals surface area contributed by atoms with Gasteiger partial charge in [0.05, 0.1) is 23.9 Å². The number of benzene rings is 2. The number of aromatic nitrogens is 1. The molecule has 1 N–H and O–H groups in total. The van der Waals surface area contributed by atoms with Gasteiger partial charge in [0, 0.05) is 32.2 Å². The molecule has 0 unspecified atom stereocenters. The van der Waals surface area contributed by atoms with Crippen LogP contribution >= 0.6 is 0 Å². The van der Waals surface area contributed by atoms with Gasteiger partial charge in [-0.05, 0) is 29.8 Å². The van der Waals surface area contributed by atoms with Crippen molar-refractivity contribution >= 4 is 23.3 Å². The number of piperazine rings is 1. The molecule has 0 aliphatic carbocycles. The first-order valence-electron chi connectivity index (χ1n) is 10.3. The summed E-state index contributed by atoms with van der Waals surface area (Å²) >= 11 is 0. The maximum Gasteiger partial charge on any atom is 0.258 e. The zero-order valence-corrected chi connectivity index (χ0v) is 17.3. The first kappa shape index (κ1) is 21.4. The van der Waals surface area contributed by atoms with Gasteiger partial charge in [0.15, 0.2) is 0 Å². The molecule has 1 aromatic heterocycles. The molecule has 2 amide bonds. The molecule has 0 bridgehead atoms. The summed E-state index contributed by atoms with van der Waals surface area (Å²) in [5.74, 6) is -1.51. The Kier molecular flexibility index (Phi) is 6.39. The molecule has 6 nitrogen and oxygen atoms in total. The predicted molar refractivity (Wildman–Crippen MR) is 117 cm³/mol. The highest BCUT2D eigenvalue weighted by Gasteiger charge is 2.22. The summed E-state index contributed by atoms with van der Waals surface area (Å²) in [6.45, 7) is 2.52. The molecule has 1 fully saturated rings. The van der Waals surface area contributed by atoms with Crippen molar-refractivity contribution < 1.29 is 18.4 Å². The monoisotopic (exact) mass is 436 g/mol. The van der Waals surface area contributed by atoms with Gasteiger partial charge in [0.25, 0.3) is 5.91 Å². The van der Waals surface area contributed by atoms with Crippen molar-refractivity contribution in [3.63, 3.8) is 0 Å². The third kappa shape index (κ3) is 5.08. The summed E-state index contributed by atoms with van der Waals surface area (Å²) in [4.78, 5) is 33.0. The maximum atomic E-state index is 13.8. The zero-order valence-electron chi connectivity index (χ0n) is 17.3. The lowest BCUT2D eigenvalue weighted by molar-refractivity contribution is -0.130. The van der Waals surface area contributed by atoms with Crippen LogP contribution < -0.4 is 10.2 Å². The molecule has 3 aromatic rings. The average molecular weight is 436 g/mol. The molecule has 0 spiro atoms. The van der Waals surface area contributed by atoms with Crippen LogP contribution in [0.15, 0.2) is 66.9 Å². The molecule has 2 aromatic carbocycles. The van der Waals surface area contributed by atoms with Crippen LogP contribution in [0.2, 0.25) is 0 Å². The highest BCUT2D eigenvalue weighted by Crippen LogP contribution is 2.18. The first-order valence-corrected chi connectivity index (χ1v) is 10.3. The standard InChI is InChI=1S/C24H22F2N4O2/c25-18-6-8-20(21(26)15-18)24(32)28-19-7-9-22(27-16-19)29-10-12-30(13-11-29)23(31)14-17-4-2-1-3-5-17/h1-9,15-16H,10-14H2,(H,28,32). The second kappa shape index (κ2) is 9.55. The average Bonchev–Trinajstić information content (AvgIpc) is 2.80. The van der Waals surface area contributed by atoms with Crippen LogP contribution in [-0.4, -0.2) is 47.9 Å². The van der Waals surface area contributed by atoms with Crippen molar-refractivity contribution in [2.45, 2.75) is 6.42 Å². The summed E-state index contributed by atoms with van der Waals surface area (Å²) in [5, 5.41) is 2.56. The van der Waals surface area contributed by atoms with Crippen LogP contribution in [0.4, 0.5) is 20.3 Å². The van der Waals surface area contributed by atoms with E-state index in [0.29, 0.717) is 44.4 Å². The fourth-order valence-electron chi connectivity index (χ4n) is 3.59. The number of hydrogen-bond donors (Lipinski definition) is 1. The molecule has 164 valence electrons. The van der Waals surface area contributed by atoms with Gasteiger partial charge in [-0.3, -0.25) is 9.59 Å². The molecular weight excluding hydrogens is 414 g/mol. The van der Waals surface area contributed by atoms with E-state index in [0.717, 1.165) is 23.5 Å². The van der Waals surface area contributed by atoms with E-state index in [9.17, 15) is 18.4 Å². The van der Waals surface area contributed by atoms with Crippen LogP contribution in [-0.2, 0) is 11.2 Å². The van der Waals surface area contributed by atoms with Gasteiger partial charge < -0.3 is 15.1 Å². The molecule has 4 rings (SSSR count). The lowest BCUT2D eigenvalue weighted by atomic mass is 10.1. The van der Waals surface area contributed by atoms with Crippen molar-refractivity contribution in [3.8, 4) is 0 Å². The number of carbonyl (C=O) groups excluding carboxylic acids is 2. The van der Waals surface area contributed by atoms with E-state index >= 15 is 0 Å². The molecule has 8 heteroatoms. The van der Waals surface area contributed by atoms with Crippen molar-refractivity contribution in [1.29, 1.82) is 0 Å². The lowest BCUT2D eigenvalue weighted by Crippen LogP contribution is -2.49. The summed E-state index contributed by atoms with van der Waals surface area (Å²) in [6.07, 6.45) is 1.88. The molecule has 0 atom stereocenters. The zero-order chi connectivity index (χ0) is 22.5. The summed E-state index contributed by atoms with van der Waals surface area (Å²) < 4.78 is 26.8. The number of anilines is 2. The molecule has 1 saturated heterocycles. The van der Waals surface area contributed by atoms with Gasteiger partial charge in [-0.1, -0.05) is 30.3 Å². The van der Waals surface area contributed by atoms with Crippen molar-refractivity contribution in [3.05, 3.63) is 89.6 Å². The molecule has 1 aliphatic rings. The number of rotatable bonds is 5. The SMILES string of the molecule is O=C(Nc1ccc(N2CCN(C(=O)Cc3ccccc3)CC2)nc1)c1ccc(F)cc1F. The van der Waals surface area contributed by atoms with Crippen molar-refractivity contribution in [2.24, 2.45) is 0 Å². The first-order chi connectivity index (χ1) is 15.5. The van der Waals surface area contributed by atoms with E-state index < -0.39 is 17.5 Å². The maximum absolute atomic E-state index is 13.8. The van der Waals surface area contributed by atoms with Gasteiger partial charge in [0.2, 0.25) is 5.91 Å². The second-order valence-electron chi connectivity index (χ2n) is 7.51. The van der Waals surface area contributed by atoms with Crippen LogP contribution in [0.25, 0.3) is 0 Å². The van der Waals surface area contributed by atoms with Gasteiger partial charge in [-0.25, -0.2) is 13.8 Å². The van der Waals surface area contributed by atoms with Crippen molar-refractivity contribution in [2.75, 3.05) is 36.4 Å². The van der Waals surface area contributed by atoms with E-state index in [4.69, 9.17) is 0 Å². The Morgan fingerprint density at radius 2 is 1.69 bits per heavy atom. The second-order valence-corrected chi connectivity index (χ2v) is 7.51. The number of amides is 2. The summed E-state index contributed by atoms with van der Waals surface area (Å²) in [6, 6.07) is 15.9. The number of carbonyl (C=O) groups is 2. The Balaban J connectivity index is 1.31.